The van der Waals surface area contributed by atoms with Crippen LogP contribution in [0.3, 0.4) is 0 Å². The van der Waals surface area contributed by atoms with E-state index in [2.05, 4.69) is 11.0 Å². The summed E-state index contributed by atoms with van der Waals surface area (Å²) in [5.74, 6) is 1.65. The molecule has 0 aliphatic carbocycles. The molecule has 1 saturated heterocycles. The van der Waals surface area contributed by atoms with Gasteiger partial charge in [0.05, 0.1) is 17.9 Å². The molecule has 1 aliphatic heterocycles. The molecule has 1 N–H and O–H groups in total. The molecule has 4 heteroatoms. The zero-order chi connectivity index (χ0) is 11.8. The number of piperidine rings is 1. The molecule has 92 valence electrons. The van der Waals surface area contributed by atoms with Gasteiger partial charge in [0.25, 0.3) is 0 Å². The van der Waals surface area contributed by atoms with E-state index in [-0.39, 0.29) is 6.10 Å². The number of hydrogen-bond donors (Lipinski definition) is 1. The number of aliphatic hydroxyl groups is 1. The highest BCUT2D eigenvalue weighted by Crippen LogP contribution is 2.20. The third-order valence-corrected chi connectivity index (χ3v) is 4.03. The largest absolute Gasteiger partial charge is 0.392 e. The first-order valence-electron chi connectivity index (χ1n) is 6.12. The number of thioether (sulfide) groups is 1. The van der Waals surface area contributed by atoms with E-state index < -0.39 is 0 Å². The van der Waals surface area contributed by atoms with E-state index in [0.717, 1.165) is 31.7 Å². The molecule has 1 aliphatic rings. The first kappa shape index (κ1) is 13.8. The molecule has 0 spiro atoms. The van der Waals surface area contributed by atoms with Crippen molar-refractivity contribution in [1.29, 1.82) is 5.26 Å². The average Bonchev–Trinajstić information content (AvgIpc) is 2.29. The molecule has 1 rings (SSSR count). The van der Waals surface area contributed by atoms with E-state index in [4.69, 9.17) is 5.26 Å². The van der Waals surface area contributed by atoms with Gasteiger partial charge in [-0.3, -0.25) is 4.90 Å². The molecule has 16 heavy (non-hydrogen) atoms. The summed E-state index contributed by atoms with van der Waals surface area (Å²) in [6.07, 6.45) is 4.54. The van der Waals surface area contributed by atoms with E-state index in [1.807, 2.05) is 6.92 Å². The maximum absolute atomic E-state index is 9.70. The van der Waals surface area contributed by atoms with Gasteiger partial charge in [0.1, 0.15) is 0 Å². The van der Waals surface area contributed by atoms with E-state index in [0.29, 0.717) is 11.8 Å². The van der Waals surface area contributed by atoms with Gasteiger partial charge >= 0.3 is 0 Å². The molecule has 0 amide bonds. The molecular weight excluding hydrogens is 220 g/mol. The summed E-state index contributed by atoms with van der Waals surface area (Å²) in [5, 5.41) is 18.1. The van der Waals surface area contributed by atoms with Gasteiger partial charge in [0, 0.05) is 6.04 Å². The summed E-state index contributed by atoms with van der Waals surface area (Å²) in [6, 6.07) is 2.50. The number of nitriles is 1. The van der Waals surface area contributed by atoms with Gasteiger partial charge in [0.15, 0.2) is 0 Å². The molecule has 2 atom stereocenters. The van der Waals surface area contributed by atoms with Crippen LogP contribution in [0, 0.1) is 11.3 Å². The Labute approximate surface area is 103 Å². The molecule has 2 unspecified atom stereocenters. The van der Waals surface area contributed by atoms with E-state index in [9.17, 15) is 5.11 Å². The zero-order valence-corrected chi connectivity index (χ0v) is 10.9. The highest BCUT2D eigenvalue weighted by atomic mass is 32.2. The van der Waals surface area contributed by atoms with Crippen molar-refractivity contribution >= 4 is 11.8 Å². The van der Waals surface area contributed by atoms with Gasteiger partial charge in [-0.05, 0) is 45.0 Å². The van der Waals surface area contributed by atoms with Crippen LogP contribution in [0.5, 0.6) is 0 Å². The summed E-state index contributed by atoms with van der Waals surface area (Å²) < 4.78 is 0. The SMILES string of the molecule is CC(O)C1CCCCN1CCCSCC#N. The Morgan fingerprint density at radius 2 is 2.38 bits per heavy atom. The summed E-state index contributed by atoms with van der Waals surface area (Å²) in [4.78, 5) is 2.42. The van der Waals surface area contributed by atoms with Crippen molar-refractivity contribution in [3.05, 3.63) is 0 Å². The fourth-order valence-electron chi connectivity index (χ4n) is 2.33. The van der Waals surface area contributed by atoms with Crippen molar-refractivity contribution in [2.75, 3.05) is 24.6 Å². The lowest BCUT2D eigenvalue weighted by Gasteiger charge is -2.37. The van der Waals surface area contributed by atoms with Crippen LogP contribution >= 0.6 is 11.8 Å². The van der Waals surface area contributed by atoms with E-state index in [1.165, 1.54) is 12.8 Å². The van der Waals surface area contributed by atoms with Crippen LogP contribution in [-0.2, 0) is 0 Å². The molecule has 0 saturated carbocycles. The van der Waals surface area contributed by atoms with Crippen molar-refractivity contribution in [3.8, 4) is 6.07 Å². The Hall–Kier alpha value is -0.240. The Morgan fingerprint density at radius 1 is 1.56 bits per heavy atom. The van der Waals surface area contributed by atoms with Gasteiger partial charge in [-0.2, -0.15) is 5.26 Å². The highest BCUT2D eigenvalue weighted by molar-refractivity contribution is 7.99. The van der Waals surface area contributed by atoms with Crippen LogP contribution in [0.25, 0.3) is 0 Å². The van der Waals surface area contributed by atoms with Crippen LogP contribution < -0.4 is 0 Å². The minimum atomic E-state index is -0.216. The van der Waals surface area contributed by atoms with Gasteiger partial charge in [-0.15, -0.1) is 11.8 Å². The van der Waals surface area contributed by atoms with Crippen molar-refractivity contribution in [1.82, 2.24) is 4.90 Å². The van der Waals surface area contributed by atoms with E-state index >= 15 is 0 Å². The number of hydrogen-bond acceptors (Lipinski definition) is 4. The lowest BCUT2D eigenvalue weighted by molar-refractivity contribution is 0.0368. The summed E-state index contributed by atoms with van der Waals surface area (Å²) >= 11 is 1.70. The van der Waals surface area contributed by atoms with Gasteiger partial charge < -0.3 is 5.11 Å². The fraction of sp³-hybridized carbons (Fsp3) is 0.917. The smallest absolute Gasteiger partial charge is 0.0808 e. The van der Waals surface area contributed by atoms with Crippen LogP contribution in [0.1, 0.15) is 32.6 Å². The molecule has 0 radical (unpaired) electrons. The highest BCUT2D eigenvalue weighted by Gasteiger charge is 2.25. The monoisotopic (exact) mass is 242 g/mol. The topological polar surface area (TPSA) is 47.3 Å². The zero-order valence-electron chi connectivity index (χ0n) is 10.1. The first-order chi connectivity index (χ1) is 7.75. The molecular formula is C12H22N2OS. The van der Waals surface area contributed by atoms with Gasteiger partial charge in [-0.1, -0.05) is 6.42 Å². The number of nitrogens with zero attached hydrogens (tertiary/aromatic N) is 2. The Balaban J connectivity index is 2.20. The summed E-state index contributed by atoms with van der Waals surface area (Å²) in [7, 11) is 0. The number of rotatable bonds is 6. The standard InChI is InChI=1S/C12H22N2OS/c1-11(15)12-5-2-3-7-14(12)8-4-9-16-10-6-13/h11-12,15H,2-5,7-10H2,1H3. The second-order valence-corrected chi connectivity index (χ2v) is 5.51. The molecule has 0 aromatic heterocycles. The summed E-state index contributed by atoms with van der Waals surface area (Å²) in [6.45, 7) is 4.08. The lowest BCUT2D eigenvalue weighted by atomic mass is 9.98. The van der Waals surface area contributed by atoms with Crippen LogP contribution in [0.4, 0.5) is 0 Å². The van der Waals surface area contributed by atoms with Crippen LogP contribution in [0.2, 0.25) is 0 Å². The minimum Gasteiger partial charge on any atom is -0.392 e. The van der Waals surface area contributed by atoms with Crippen LogP contribution in [0.15, 0.2) is 0 Å². The summed E-state index contributed by atoms with van der Waals surface area (Å²) in [5.41, 5.74) is 0. The van der Waals surface area contributed by atoms with Crippen molar-refractivity contribution < 1.29 is 5.11 Å². The van der Waals surface area contributed by atoms with Gasteiger partial charge in [0.2, 0.25) is 0 Å². The molecule has 3 nitrogen and oxygen atoms in total. The molecule has 1 fully saturated rings. The lowest BCUT2D eigenvalue weighted by Crippen LogP contribution is -2.46. The predicted octanol–water partition coefficient (Wildman–Crippen LogP) is 1.87. The molecule has 0 aromatic rings. The van der Waals surface area contributed by atoms with E-state index in [1.54, 1.807) is 11.8 Å². The molecule has 0 aromatic carbocycles. The van der Waals surface area contributed by atoms with Crippen LogP contribution in [-0.4, -0.2) is 46.7 Å². The second kappa shape index (κ2) is 7.94. The van der Waals surface area contributed by atoms with Crippen molar-refractivity contribution in [2.45, 2.75) is 44.8 Å². The third kappa shape index (κ3) is 4.73. The number of aliphatic hydroxyl groups excluding tert-OH is 1. The average molecular weight is 242 g/mol. The Bertz CT molecular complexity index is 228. The maximum Gasteiger partial charge on any atom is 0.0808 e. The maximum atomic E-state index is 9.70. The fourth-order valence-corrected chi connectivity index (χ4v) is 2.90. The van der Waals surface area contributed by atoms with Gasteiger partial charge in [-0.25, -0.2) is 0 Å². The Morgan fingerprint density at radius 3 is 3.06 bits per heavy atom. The molecule has 0 bridgehead atoms. The third-order valence-electron chi connectivity index (χ3n) is 3.12. The van der Waals surface area contributed by atoms with Crippen molar-refractivity contribution in [2.24, 2.45) is 0 Å². The molecule has 1 heterocycles. The quantitative estimate of drug-likeness (QED) is 0.722. The second-order valence-electron chi connectivity index (χ2n) is 4.40. The first-order valence-corrected chi connectivity index (χ1v) is 7.28. The normalized spacial score (nSPS) is 23.9. The minimum absolute atomic E-state index is 0.216. The number of likely N-dealkylation sites (tertiary alicyclic amines) is 1. The predicted molar refractivity (Wildman–Crippen MR) is 68.4 cm³/mol. The van der Waals surface area contributed by atoms with Crippen molar-refractivity contribution in [3.63, 3.8) is 0 Å². The Kier molecular flexibility index (Phi) is 6.86.